The molecule has 1 aliphatic rings. The molecule has 6 nitrogen and oxygen atoms in total. The summed E-state index contributed by atoms with van der Waals surface area (Å²) in [6, 6.07) is 0.509. The molecule has 2 amide bonds. The fourth-order valence-electron chi connectivity index (χ4n) is 2.64. The average Bonchev–Trinajstić information content (AvgIpc) is 2.55. The molecular formula is C15H18F3N3O3. The Morgan fingerprint density at radius 2 is 2.12 bits per heavy atom. The molecule has 0 saturated carbocycles. The predicted octanol–water partition coefficient (Wildman–Crippen LogP) is 1.98. The van der Waals surface area contributed by atoms with Gasteiger partial charge in [-0.25, -0.2) is 0 Å². The maximum atomic E-state index is 12.7. The van der Waals surface area contributed by atoms with Crippen molar-refractivity contribution in [1.82, 2.24) is 9.88 Å². The highest BCUT2D eigenvalue weighted by atomic mass is 19.4. The summed E-state index contributed by atoms with van der Waals surface area (Å²) in [4.78, 5) is 39.0. The Morgan fingerprint density at radius 3 is 2.75 bits per heavy atom. The van der Waals surface area contributed by atoms with Crippen molar-refractivity contribution < 1.29 is 22.8 Å². The van der Waals surface area contributed by atoms with E-state index in [-0.39, 0.29) is 0 Å². The van der Waals surface area contributed by atoms with E-state index in [0.29, 0.717) is 31.3 Å². The number of hydrogen-bond donors (Lipinski definition) is 2. The van der Waals surface area contributed by atoms with Crippen LogP contribution in [0.3, 0.4) is 0 Å². The van der Waals surface area contributed by atoms with Gasteiger partial charge in [0, 0.05) is 19.3 Å². The summed E-state index contributed by atoms with van der Waals surface area (Å²) in [6.07, 6.45) is -1.55. The lowest BCUT2D eigenvalue weighted by atomic mass is 9.95. The molecule has 0 spiro atoms. The molecule has 24 heavy (non-hydrogen) atoms. The number of rotatable bonds is 2. The van der Waals surface area contributed by atoms with Gasteiger partial charge in [-0.05, 0) is 24.8 Å². The zero-order chi connectivity index (χ0) is 17.9. The first kappa shape index (κ1) is 18.0. The summed E-state index contributed by atoms with van der Waals surface area (Å²) in [5.41, 5.74) is -2.63. The lowest BCUT2D eigenvalue weighted by Gasteiger charge is -2.31. The molecule has 1 aliphatic heterocycles. The van der Waals surface area contributed by atoms with Gasteiger partial charge in [0.25, 0.3) is 5.56 Å². The number of H-pyrrole nitrogens is 1. The molecule has 0 bridgehead atoms. The molecule has 2 rings (SSSR count). The van der Waals surface area contributed by atoms with E-state index in [0.717, 1.165) is 19.3 Å². The first-order chi connectivity index (χ1) is 11.2. The molecule has 2 heterocycles. The second kappa shape index (κ2) is 7.06. The third kappa shape index (κ3) is 4.15. The molecule has 9 heteroatoms. The van der Waals surface area contributed by atoms with Crippen LogP contribution in [0.5, 0.6) is 0 Å². The fraction of sp³-hybridized carbons (Fsp3) is 0.533. The minimum absolute atomic E-state index is 0.299. The highest BCUT2D eigenvalue weighted by Crippen LogP contribution is 2.29. The standard InChI is InChI=1S/C15H18F3N3O3/c1-2-9-4-3-5-21(8-9)14(24)13(23)20-11-6-10(15(16,17)18)7-19-12(11)22/h6-7,9H,2-5,8H2,1H3,(H,19,22)(H,20,23)/t9-/m1/s1. The van der Waals surface area contributed by atoms with Crippen LogP contribution >= 0.6 is 0 Å². The summed E-state index contributed by atoms with van der Waals surface area (Å²) in [6.45, 7) is 2.84. The van der Waals surface area contributed by atoms with Crippen LogP contribution in [0, 0.1) is 5.92 Å². The quantitative estimate of drug-likeness (QED) is 0.804. The number of pyridine rings is 1. The van der Waals surface area contributed by atoms with Crippen molar-refractivity contribution in [2.24, 2.45) is 5.92 Å². The van der Waals surface area contributed by atoms with Crippen LogP contribution in [0.1, 0.15) is 31.7 Å². The van der Waals surface area contributed by atoms with Crippen LogP contribution in [-0.4, -0.2) is 34.8 Å². The molecule has 1 atom stereocenters. The Kier molecular flexibility index (Phi) is 5.30. The van der Waals surface area contributed by atoms with E-state index in [9.17, 15) is 27.6 Å². The molecule has 0 aliphatic carbocycles. The Morgan fingerprint density at radius 1 is 1.42 bits per heavy atom. The largest absolute Gasteiger partial charge is 0.417 e. The van der Waals surface area contributed by atoms with Crippen LogP contribution in [0.2, 0.25) is 0 Å². The van der Waals surface area contributed by atoms with E-state index < -0.39 is 34.8 Å². The van der Waals surface area contributed by atoms with Crippen molar-refractivity contribution in [3.05, 3.63) is 28.2 Å². The maximum absolute atomic E-state index is 12.7. The number of hydrogen-bond acceptors (Lipinski definition) is 3. The normalized spacial score (nSPS) is 18.3. The third-order valence-electron chi connectivity index (χ3n) is 4.06. The summed E-state index contributed by atoms with van der Waals surface area (Å²) in [7, 11) is 0. The fourth-order valence-corrected chi connectivity index (χ4v) is 2.64. The number of piperidine rings is 1. The smallest absolute Gasteiger partial charge is 0.334 e. The first-order valence-corrected chi connectivity index (χ1v) is 7.62. The predicted molar refractivity (Wildman–Crippen MR) is 80.3 cm³/mol. The zero-order valence-electron chi connectivity index (χ0n) is 13.1. The van der Waals surface area contributed by atoms with E-state index in [2.05, 4.69) is 0 Å². The Bertz CT molecular complexity index is 685. The zero-order valence-corrected chi connectivity index (χ0v) is 13.1. The Labute approximate surface area is 136 Å². The van der Waals surface area contributed by atoms with Crippen molar-refractivity contribution in [1.29, 1.82) is 0 Å². The molecule has 2 N–H and O–H groups in total. The van der Waals surface area contributed by atoms with Crippen molar-refractivity contribution in [2.45, 2.75) is 32.4 Å². The second-order valence-electron chi connectivity index (χ2n) is 5.75. The number of carbonyl (C=O) groups excluding carboxylic acids is 2. The summed E-state index contributed by atoms with van der Waals surface area (Å²) in [5, 5.41) is 1.98. The number of amides is 2. The van der Waals surface area contributed by atoms with E-state index in [4.69, 9.17) is 0 Å². The first-order valence-electron chi connectivity index (χ1n) is 7.62. The summed E-state index contributed by atoms with van der Waals surface area (Å²) in [5.74, 6) is -1.66. The van der Waals surface area contributed by atoms with Gasteiger partial charge in [-0.2, -0.15) is 13.2 Å². The van der Waals surface area contributed by atoms with E-state index in [1.165, 1.54) is 4.90 Å². The molecule has 1 saturated heterocycles. The molecule has 0 radical (unpaired) electrons. The van der Waals surface area contributed by atoms with E-state index in [1.807, 2.05) is 17.2 Å². The molecular weight excluding hydrogens is 327 g/mol. The Hall–Kier alpha value is -2.32. The lowest BCUT2D eigenvalue weighted by Crippen LogP contribution is -2.45. The molecule has 1 fully saturated rings. The van der Waals surface area contributed by atoms with Gasteiger partial charge < -0.3 is 15.2 Å². The topological polar surface area (TPSA) is 82.3 Å². The number of alkyl halides is 3. The summed E-state index contributed by atoms with van der Waals surface area (Å²) < 4.78 is 38.0. The van der Waals surface area contributed by atoms with Crippen molar-refractivity contribution >= 4 is 17.5 Å². The SMILES string of the molecule is CC[C@@H]1CCCN(C(=O)C(=O)Nc2cc(C(F)(F)F)c[nH]c2=O)C1. The van der Waals surface area contributed by atoms with Crippen molar-refractivity contribution in [2.75, 3.05) is 18.4 Å². The second-order valence-corrected chi connectivity index (χ2v) is 5.75. The van der Waals surface area contributed by atoms with Gasteiger partial charge in [0.2, 0.25) is 0 Å². The van der Waals surface area contributed by atoms with Crippen molar-refractivity contribution in [3.8, 4) is 0 Å². The number of nitrogens with one attached hydrogen (secondary N) is 2. The van der Waals surface area contributed by atoms with Gasteiger partial charge >= 0.3 is 18.0 Å². The van der Waals surface area contributed by atoms with E-state index in [1.54, 1.807) is 0 Å². The maximum Gasteiger partial charge on any atom is 0.417 e. The number of aromatic amines is 1. The monoisotopic (exact) mass is 345 g/mol. The van der Waals surface area contributed by atoms with Crippen LogP contribution in [0.4, 0.5) is 18.9 Å². The number of likely N-dealkylation sites (tertiary alicyclic amines) is 1. The molecule has 0 unspecified atom stereocenters. The summed E-state index contributed by atoms with van der Waals surface area (Å²) >= 11 is 0. The number of aromatic nitrogens is 1. The highest BCUT2D eigenvalue weighted by Gasteiger charge is 2.32. The molecule has 0 aromatic carbocycles. The number of carbonyl (C=O) groups is 2. The average molecular weight is 345 g/mol. The highest BCUT2D eigenvalue weighted by molar-refractivity contribution is 6.39. The number of halogens is 3. The van der Waals surface area contributed by atoms with E-state index >= 15 is 0 Å². The van der Waals surface area contributed by atoms with Gasteiger partial charge in [0.1, 0.15) is 5.69 Å². The van der Waals surface area contributed by atoms with Crippen LogP contribution in [0.15, 0.2) is 17.1 Å². The number of anilines is 1. The van der Waals surface area contributed by atoms with Crippen LogP contribution in [-0.2, 0) is 15.8 Å². The van der Waals surface area contributed by atoms with Gasteiger partial charge in [-0.3, -0.25) is 14.4 Å². The van der Waals surface area contributed by atoms with Crippen LogP contribution < -0.4 is 10.9 Å². The molecule has 132 valence electrons. The van der Waals surface area contributed by atoms with Crippen molar-refractivity contribution in [3.63, 3.8) is 0 Å². The Balaban J connectivity index is 2.11. The van der Waals surface area contributed by atoms with Gasteiger partial charge in [0.05, 0.1) is 5.56 Å². The lowest BCUT2D eigenvalue weighted by molar-refractivity contribution is -0.144. The van der Waals surface area contributed by atoms with Gasteiger partial charge in [-0.1, -0.05) is 13.3 Å². The minimum Gasteiger partial charge on any atom is -0.334 e. The van der Waals surface area contributed by atoms with Gasteiger partial charge in [-0.15, -0.1) is 0 Å². The third-order valence-corrected chi connectivity index (χ3v) is 4.06. The van der Waals surface area contributed by atoms with Gasteiger partial charge in [0.15, 0.2) is 0 Å². The minimum atomic E-state index is -4.67. The molecule has 1 aromatic rings. The number of nitrogens with zero attached hydrogens (tertiary/aromatic N) is 1. The molecule has 1 aromatic heterocycles. The van der Waals surface area contributed by atoms with Crippen LogP contribution in [0.25, 0.3) is 0 Å².